The van der Waals surface area contributed by atoms with Crippen LogP contribution in [0.1, 0.15) is 6.92 Å². The first-order chi connectivity index (χ1) is 13.0. The number of methoxy groups -OCH3 is 1. The van der Waals surface area contributed by atoms with Gasteiger partial charge in [-0.3, -0.25) is 19.3 Å². The molecule has 0 fully saturated rings. The van der Waals surface area contributed by atoms with Gasteiger partial charge in [0.25, 0.3) is 5.91 Å². The van der Waals surface area contributed by atoms with Crippen LogP contribution in [0.2, 0.25) is 0 Å². The van der Waals surface area contributed by atoms with E-state index in [1.807, 2.05) is 0 Å². The van der Waals surface area contributed by atoms with E-state index in [0.717, 1.165) is 0 Å². The normalized spacial score (nSPS) is 12.7. The Morgan fingerprint density at radius 1 is 1.15 bits per heavy atom. The average Bonchev–Trinajstić information content (AvgIpc) is 2.65. The molecule has 2 aromatic carbocycles. The van der Waals surface area contributed by atoms with E-state index in [1.54, 1.807) is 42.5 Å². The fraction of sp³-hybridized carbons (Fsp3) is 0.211. The van der Waals surface area contributed by atoms with Gasteiger partial charge in [-0.2, -0.15) is 0 Å². The van der Waals surface area contributed by atoms with Gasteiger partial charge in [-0.25, -0.2) is 0 Å². The van der Waals surface area contributed by atoms with Crippen molar-refractivity contribution in [3.05, 3.63) is 42.5 Å². The first-order valence-electron chi connectivity index (χ1n) is 8.25. The molecule has 0 bridgehead atoms. The molecule has 27 heavy (non-hydrogen) atoms. The van der Waals surface area contributed by atoms with Crippen LogP contribution >= 0.6 is 0 Å². The van der Waals surface area contributed by atoms with Crippen molar-refractivity contribution in [2.45, 2.75) is 6.92 Å². The molecule has 0 saturated heterocycles. The molecule has 0 aliphatic carbocycles. The summed E-state index contributed by atoms with van der Waals surface area (Å²) in [7, 11) is 1.50. The summed E-state index contributed by atoms with van der Waals surface area (Å²) in [5.74, 6) is 0.0712. The summed E-state index contributed by atoms with van der Waals surface area (Å²) in [6, 6.07) is 11.9. The predicted molar refractivity (Wildman–Crippen MR) is 100 cm³/mol. The van der Waals surface area contributed by atoms with Gasteiger partial charge in [0.2, 0.25) is 11.8 Å². The molecule has 2 aromatic rings. The Balaban J connectivity index is 1.80. The highest BCUT2D eigenvalue weighted by molar-refractivity contribution is 6.06. The standard InChI is InChI=1S/C19H19N3O5/c1-12(23)20-14-8-7-13(26-2)9-15(14)21-18(24)10-22-16-5-3-4-6-17(16)27-11-19(22)25/h3-9H,10-11H2,1-2H3,(H,20,23)(H,21,24). The lowest BCUT2D eigenvalue weighted by Crippen LogP contribution is -2.43. The minimum atomic E-state index is -0.417. The van der Waals surface area contributed by atoms with Gasteiger partial charge >= 0.3 is 0 Å². The lowest BCUT2D eigenvalue weighted by molar-refractivity contribution is -0.123. The summed E-state index contributed by atoms with van der Waals surface area (Å²) < 4.78 is 10.5. The van der Waals surface area contributed by atoms with Crippen LogP contribution in [0.15, 0.2) is 42.5 Å². The quantitative estimate of drug-likeness (QED) is 0.840. The lowest BCUT2D eigenvalue weighted by atomic mass is 10.2. The highest BCUT2D eigenvalue weighted by Crippen LogP contribution is 2.32. The number of hydrogen-bond acceptors (Lipinski definition) is 5. The first kappa shape index (κ1) is 18.2. The highest BCUT2D eigenvalue weighted by atomic mass is 16.5. The second-order valence-corrected chi connectivity index (χ2v) is 5.88. The van der Waals surface area contributed by atoms with E-state index in [4.69, 9.17) is 9.47 Å². The van der Waals surface area contributed by atoms with Crippen molar-refractivity contribution in [2.75, 3.05) is 35.8 Å². The number of para-hydroxylation sites is 2. The lowest BCUT2D eigenvalue weighted by Gasteiger charge is -2.28. The number of rotatable bonds is 5. The monoisotopic (exact) mass is 369 g/mol. The largest absolute Gasteiger partial charge is 0.497 e. The third-order valence-electron chi connectivity index (χ3n) is 3.92. The number of hydrogen-bond donors (Lipinski definition) is 2. The van der Waals surface area contributed by atoms with E-state index in [1.165, 1.54) is 18.9 Å². The van der Waals surface area contributed by atoms with Gasteiger partial charge in [0.15, 0.2) is 6.61 Å². The van der Waals surface area contributed by atoms with Crippen LogP contribution in [-0.4, -0.2) is 38.0 Å². The molecule has 0 unspecified atom stereocenters. The van der Waals surface area contributed by atoms with Crippen molar-refractivity contribution in [2.24, 2.45) is 0 Å². The summed E-state index contributed by atoms with van der Waals surface area (Å²) in [5.41, 5.74) is 1.35. The van der Waals surface area contributed by atoms with Crippen LogP contribution in [0.4, 0.5) is 17.1 Å². The molecule has 1 aliphatic rings. The van der Waals surface area contributed by atoms with E-state index in [-0.39, 0.29) is 25.0 Å². The number of carbonyl (C=O) groups is 3. The zero-order valence-corrected chi connectivity index (χ0v) is 14.9. The van der Waals surface area contributed by atoms with E-state index in [2.05, 4.69) is 10.6 Å². The Morgan fingerprint density at radius 3 is 2.67 bits per heavy atom. The number of nitrogens with one attached hydrogen (secondary N) is 2. The van der Waals surface area contributed by atoms with Gasteiger partial charge in [0, 0.05) is 13.0 Å². The molecule has 3 amide bonds. The number of carbonyl (C=O) groups excluding carboxylic acids is 3. The average molecular weight is 369 g/mol. The van der Waals surface area contributed by atoms with E-state index >= 15 is 0 Å². The zero-order chi connectivity index (χ0) is 19.4. The van der Waals surface area contributed by atoms with Crippen molar-refractivity contribution < 1.29 is 23.9 Å². The second kappa shape index (κ2) is 7.77. The van der Waals surface area contributed by atoms with Gasteiger partial charge in [-0.05, 0) is 24.3 Å². The summed E-state index contributed by atoms with van der Waals surface area (Å²) >= 11 is 0. The number of ether oxygens (including phenoxy) is 2. The van der Waals surface area contributed by atoms with E-state index in [0.29, 0.717) is 28.6 Å². The fourth-order valence-electron chi connectivity index (χ4n) is 2.71. The second-order valence-electron chi connectivity index (χ2n) is 5.88. The maximum Gasteiger partial charge on any atom is 0.265 e. The molecule has 0 saturated carbocycles. The smallest absolute Gasteiger partial charge is 0.265 e. The van der Waals surface area contributed by atoms with Gasteiger partial charge in [0.1, 0.15) is 18.0 Å². The van der Waals surface area contributed by atoms with Crippen molar-refractivity contribution in [1.82, 2.24) is 0 Å². The number of benzene rings is 2. The Labute approximate surface area is 156 Å². The third kappa shape index (κ3) is 4.17. The fourth-order valence-corrected chi connectivity index (χ4v) is 2.71. The van der Waals surface area contributed by atoms with Crippen molar-refractivity contribution in [3.63, 3.8) is 0 Å². The molecule has 1 heterocycles. The Kier molecular flexibility index (Phi) is 5.25. The molecule has 3 rings (SSSR count). The minimum Gasteiger partial charge on any atom is -0.497 e. The van der Waals surface area contributed by atoms with Crippen molar-refractivity contribution in [3.8, 4) is 11.5 Å². The van der Waals surface area contributed by atoms with Crippen LogP contribution in [0.3, 0.4) is 0 Å². The Morgan fingerprint density at radius 2 is 1.93 bits per heavy atom. The number of anilines is 3. The zero-order valence-electron chi connectivity index (χ0n) is 14.9. The predicted octanol–water partition coefficient (Wildman–Crippen LogP) is 2.02. The van der Waals surface area contributed by atoms with Crippen LogP contribution < -0.4 is 25.0 Å². The number of nitrogens with zero attached hydrogens (tertiary/aromatic N) is 1. The van der Waals surface area contributed by atoms with E-state index < -0.39 is 5.91 Å². The third-order valence-corrected chi connectivity index (χ3v) is 3.92. The number of amides is 3. The molecule has 0 atom stereocenters. The molecule has 140 valence electrons. The molecule has 1 aliphatic heterocycles. The molecular formula is C19H19N3O5. The molecule has 8 heteroatoms. The molecule has 8 nitrogen and oxygen atoms in total. The van der Waals surface area contributed by atoms with Crippen LogP contribution in [0.25, 0.3) is 0 Å². The summed E-state index contributed by atoms with van der Waals surface area (Å²) in [4.78, 5) is 37.5. The van der Waals surface area contributed by atoms with Crippen LogP contribution in [0, 0.1) is 0 Å². The van der Waals surface area contributed by atoms with Gasteiger partial charge in [-0.1, -0.05) is 12.1 Å². The van der Waals surface area contributed by atoms with Gasteiger partial charge in [-0.15, -0.1) is 0 Å². The topological polar surface area (TPSA) is 97.0 Å². The number of fused-ring (bicyclic) bond motifs is 1. The Hall–Kier alpha value is -3.55. The highest BCUT2D eigenvalue weighted by Gasteiger charge is 2.27. The summed E-state index contributed by atoms with van der Waals surface area (Å²) in [5, 5.41) is 5.37. The first-order valence-corrected chi connectivity index (χ1v) is 8.25. The van der Waals surface area contributed by atoms with Crippen LogP contribution in [-0.2, 0) is 14.4 Å². The van der Waals surface area contributed by atoms with Gasteiger partial charge < -0.3 is 20.1 Å². The minimum absolute atomic E-state index is 0.124. The maximum absolute atomic E-state index is 12.6. The molecule has 0 spiro atoms. The Bertz CT molecular complexity index is 897. The van der Waals surface area contributed by atoms with Crippen LogP contribution in [0.5, 0.6) is 11.5 Å². The summed E-state index contributed by atoms with van der Waals surface area (Å²) in [6.45, 7) is 1.07. The van der Waals surface area contributed by atoms with Crippen molar-refractivity contribution >= 4 is 34.8 Å². The maximum atomic E-state index is 12.6. The van der Waals surface area contributed by atoms with Crippen molar-refractivity contribution in [1.29, 1.82) is 0 Å². The SMILES string of the molecule is COc1ccc(NC(C)=O)c(NC(=O)CN2C(=O)COc3ccccc32)c1. The molecule has 2 N–H and O–H groups in total. The van der Waals surface area contributed by atoms with E-state index in [9.17, 15) is 14.4 Å². The molecule has 0 aromatic heterocycles. The van der Waals surface area contributed by atoms with Gasteiger partial charge in [0.05, 0.1) is 24.2 Å². The summed E-state index contributed by atoms with van der Waals surface area (Å²) in [6.07, 6.45) is 0. The molecular weight excluding hydrogens is 350 g/mol. The molecule has 0 radical (unpaired) electrons.